The lowest BCUT2D eigenvalue weighted by Gasteiger charge is -2.42. The highest BCUT2D eigenvalue weighted by Gasteiger charge is 2.37. The van der Waals surface area contributed by atoms with E-state index in [-0.39, 0.29) is 18.2 Å². The van der Waals surface area contributed by atoms with Gasteiger partial charge in [-0.2, -0.15) is 0 Å². The van der Waals surface area contributed by atoms with Crippen LogP contribution < -0.4 is 5.32 Å². The Balaban J connectivity index is 2.20. The van der Waals surface area contributed by atoms with E-state index in [1.807, 2.05) is 39.0 Å². The summed E-state index contributed by atoms with van der Waals surface area (Å²) in [6.45, 7) is 6.41. The van der Waals surface area contributed by atoms with Gasteiger partial charge >= 0.3 is 0 Å². The van der Waals surface area contributed by atoms with Crippen molar-refractivity contribution >= 4 is 0 Å². The Morgan fingerprint density at radius 1 is 1.37 bits per heavy atom. The van der Waals surface area contributed by atoms with Crippen LogP contribution in [0.25, 0.3) is 0 Å². The second kappa shape index (κ2) is 5.75. The molecule has 3 heteroatoms. The zero-order valence-corrected chi connectivity index (χ0v) is 11.7. The van der Waals surface area contributed by atoms with E-state index in [1.165, 1.54) is 0 Å². The smallest absolute Gasteiger partial charge is 0.163 e. The molecule has 3 nitrogen and oxygen atoms in total. The Morgan fingerprint density at radius 3 is 2.68 bits per heavy atom. The van der Waals surface area contributed by atoms with Gasteiger partial charge in [0.1, 0.15) is 6.10 Å². The molecule has 3 atom stereocenters. The lowest BCUT2D eigenvalue weighted by atomic mass is 10.00. The molecule has 102 valence electrons. The van der Waals surface area contributed by atoms with Crippen LogP contribution in [-0.4, -0.2) is 24.5 Å². The Labute approximate surface area is 115 Å². The highest BCUT2D eigenvalue weighted by molar-refractivity contribution is 5.20. The second-order valence-electron chi connectivity index (χ2n) is 5.32. The largest absolute Gasteiger partial charge is 0.349 e. The molecule has 1 heterocycles. The van der Waals surface area contributed by atoms with E-state index in [0.717, 1.165) is 5.56 Å². The van der Waals surface area contributed by atoms with Crippen LogP contribution in [0, 0.1) is 12.3 Å². The Morgan fingerprint density at radius 2 is 2.05 bits per heavy atom. The van der Waals surface area contributed by atoms with Crippen molar-refractivity contribution in [3.63, 3.8) is 0 Å². The number of hydrogen-bond donors (Lipinski definition) is 1. The minimum absolute atomic E-state index is 0.00961. The number of nitrogens with one attached hydrogen (secondary N) is 1. The molecule has 1 N–H and O–H groups in total. The Bertz CT molecular complexity index is 450. The van der Waals surface area contributed by atoms with Crippen molar-refractivity contribution < 1.29 is 9.47 Å². The van der Waals surface area contributed by atoms with Crippen molar-refractivity contribution in [2.45, 2.75) is 44.7 Å². The number of terminal acetylenes is 1. The standard InChI is InChI=1S/C16H21NO2/c1-5-12(2)17-14-11-18-16(3,4)19-15(14)13-9-7-6-8-10-13/h1,6-10,12,14-15,17H,11H2,2-4H3/t12-,14-,15-/m0/s1. The van der Waals surface area contributed by atoms with E-state index >= 15 is 0 Å². The maximum atomic E-state index is 6.06. The molecule has 0 aliphatic carbocycles. The van der Waals surface area contributed by atoms with Crippen molar-refractivity contribution in [3.05, 3.63) is 35.9 Å². The first-order valence-corrected chi connectivity index (χ1v) is 6.61. The molecule has 0 saturated carbocycles. The summed E-state index contributed by atoms with van der Waals surface area (Å²) >= 11 is 0. The fraction of sp³-hybridized carbons (Fsp3) is 0.500. The molecule has 0 aromatic heterocycles. The summed E-state index contributed by atoms with van der Waals surface area (Å²) in [6, 6.07) is 10.2. The van der Waals surface area contributed by atoms with Crippen LogP contribution in [-0.2, 0) is 9.47 Å². The summed E-state index contributed by atoms with van der Waals surface area (Å²) in [5.74, 6) is 2.11. The predicted octanol–water partition coefficient (Wildman–Crippen LogP) is 2.49. The van der Waals surface area contributed by atoms with Gasteiger partial charge in [-0.15, -0.1) is 6.42 Å². The number of hydrogen-bond acceptors (Lipinski definition) is 3. The zero-order chi connectivity index (χ0) is 13.9. The molecule has 0 amide bonds. The first-order chi connectivity index (χ1) is 9.02. The first-order valence-electron chi connectivity index (χ1n) is 6.61. The summed E-state index contributed by atoms with van der Waals surface area (Å²) in [4.78, 5) is 0. The lowest BCUT2D eigenvalue weighted by Crippen LogP contribution is -2.52. The number of ether oxygens (including phenoxy) is 2. The van der Waals surface area contributed by atoms with Crippen molar-refractivity contribution in [2.75, 3.05) is 6.61 Å². The van der Waals surface area contributed by atoms with Crippen LogP contribution in [0.1, 0.15) is 32.4 Å². The molecular weight excluding hydrogens is 238 g/mol. The van der Waals surface area contributed by atoms with Gasteiger partial charge in [-0.25, -0.2) is 0 Å². The van der Waals surface area contributed by atoms with E-state index in [2.05, 4.69) is 23.4 Å². The van der Waals surface area contributed by atoms with E-state index in [4.69, 9.17) is 15.9 Å². The minimum Gasteiger partial charge on any atom is -0.349 e. The average Bonchev–Trinajstić information content (AvgIpc) is 2.41. The molecule has 2 rings (SSSR count). The van der Waals surface area contributed by atoms with Crippen LogP contribution >= 0.6 is 0 Å². The molecule has 0 bridgehead atoms. The van der Waals surface area contributed by atoms with Gasteiger partial charge in [-0.05, 0) is 26.3 Å². The highest BCUT2D eigenvalue weighted by atomic mass is 16.7. The topological polar surface area (TPSA) is 30.5 Å². The SMILES string of the molecule is C#C[C@H](C)N[C@H]1COC(C)(C)O[C@H]1c1ccccc1. The van der Waals surface area contributed by atoms with Crippen molar-refractivity contribution in [1.82, 2.24) is 5.32 Å². The van der Waals surface area contributed by atoms with Gasteiger partial charge in [0.05, 0.1) is 18.7 Å². The van der Waals surface area contributed by atoms with Gasteiger partial charge in [0.25, 0.3) is 0 Å². The average molecular weight is 259 g/mol. The molecule has 1 aliphatic heterocycles. The van der Waals surface area contributed by atoms with Gasteiger partial charge < -0.3 is 9.47 Å². The third kappa shape index (κ3) is 3.57. The summed E-state index contributed by atoms with van der Waals surface area (Å²) in [5.41, 5.74) is 1.14. The van der Waals surface area contributed by atoms with Gasteiger partial charge in [-0.1, -0.05) is 36.3 Å². The Hall–Kier alpha value is -1.34. The minimum atomic E-state index is -0.571. The lowest BCUT2D eigenvalue weighted by molar-refractivity contribution is -0.285. The summed E-state index contributed by atoms with van der Waals surface area (Å²) in [7, 11) is 0. The van der Waals surface area contributed by atoms with Crippen LogP contribution in [0.15, 0.2) is 30.3 Å². The van der Waals surface area contributed by atoms with E-state index in [1.54, 1.807) is 0 Å². The maximum Gasteiger partial charge on any atom is 0.163 e. The van der Waals surface area contributed by atoms with E-state index in [0.29, 0.717) is 6.61 Å². The molecule has 1 saturated heterocycles. The summed E-state index contributed by atoms with van der Waals surface area (Å²) < 4.78 is 11.8. The molecule has 1 aromatic rings. The molecule has 0 unspecified atom stereocenters. The molecule has 1 aliphatic rings. The third-order valence-electron chi connectivity index (χ3n) is 3.23. The van der Waals surface area contributed by atoms with E-state index < -0.39 is 5.79 Å². The molecule has 0 radical (unpaired) electrons. The van der Waals surface area contributed by atoms with Gasteiger partial charge in [0, 0.05) is 0 Å². The van der Waals surface area contributed by atoms with Crippen LogP contribution in [0.4, 0.5) is 0 Å². The molecule has 1 aromatic carbocycles. The third-order valence-corrected chi connectivity index (χ3v) is 3.23. The summed E-state index contributed by atoms with van der Waals surface area (Å²) in [5, 5.41) is 3.37. The van der Waals surface area contributed by atoms with Crippen LogP contribution in [0.2, 0.25) is 0 Å². The summed E-state index contributed by atoms with van der Waals surface area (Å²) in [6.07, 6.45) is 5.38. The van der Waals surface area contributed by atoms with Gasteiger partial charge in [-0.3, -0.25) is 5.32 Å². The highest BCUT2D eigenvalue weighted by Crippen LogP contribution is 2.32. The Kier molecular flexibility index (Phi) is 4.26. The monoisotopic (exact) mass is 259 g/mol. The second-order valence-corrected chi connectivity index (χ2v) is 5.32. The number of rotatable bonds is 3. The van der Waals surface area contributed by atoms with Gasteiger partial charge in [0.15, 0.2) is 5.79 Å². The van der Waals surface area contributed by atoms with Crippen molar-refractivity contribution in [3.8, 4) is 12.3 Å². The van der Waals surface area contributed by atoms with Crippen LogP contribution in [0.3, 0.4) is 0 Å². The maximum absolute atomic E-state index is 6.06. The van der Waals surface area contributed by atoms with Crippen molar-refractivity contribution in [2.24, 2.45) is 0 Å². The molecule has 19 heavy (non-hydrogen) atoms. The van der Waals surface area contributed by atoms with Crippen LogP contribution in [0.5, 0.6) is 0 Å². The molecular formula is C16H21NO2. The fourth-order valence-corrected chi connectivity index (χ4v) is 2.25. The van der Waals surface area contributed by atoms with Gasteiger partial charge in [0.2, 0.25) is 0 Å². The first kappa shape index (κ1) is 14.1. The number of benzene rings is 1. The molecule has 1 fully saturated rings. The van der Waals surface area contributed by atoms with Crippen molar-refractivity contribution in [1.29, 1.82) is 0 Å². The predicted molar refractivity (Wildman–Crippen MR) is 75.5 cm³/mol. The molecule has 0 spiro atoms. The quantitative estimate of drug-likeness (QED) is 0.846. The zero-order valence-electron chi connectivity index (χ0n) is 11.7. The van der Waals surface area contributed by atoms with E-state index in [9.17, 15) is 0 Å². The fourth-order valence-electron chi connectivity index (χ4n) is 2.25. The normalized spacial score (nSPS) is 27.5.